The highest BCUT2D eigenvalue weighted by Gasteiger charge is 2.23. The van der Waals surface area contributed by atoms with Crippen LogP contribution < -0.4 is 10.2 Å². The second-order valence-corrected chi connectivity index (χ2v) is 5.90. The Bertz CT molecular complexity index is 464. The van der Waals surface area contributed by atoms with Crippen LogP contribution in [-0.2, 0) is 0 Å². The minimum atomic E-state index is -0.490. The summed E-state index contributed by atoms with van der Waals surface area (Å²) >= 11 is 0. The summed E-state index contributed by atoms with van der Waals surface area (Å²) < 4.78 is 13.0. The van der Waals surface area contributed by atoms with Crippen molar-refractivity contribution in [2.75, 3.05) is 18.0 Å². The maximum absolute atomic E-state index is 13.0. The van der Waals surface area contributed by atoms with Gasteiger partial charge in [-0.15, -0.1) is 0 Å². The van der Waals surface area contributed by atoms with E-state index in [0.29, 0.717) is 0 Å². The molecule has 1 aromatic carbocycles. The van der Waals surface area contributed by atoms with Gasteiger partial charge in [0.05, 0.1) is 6.07 Å². The summed E-state index contributed by atoms with van der Waals surface area (Å²) in [7, 11) is 0. The van der Waals surface area contributed by atoms with Gasteiger partial charge in [0, 0.05) is 24.8 Å². The van der Waals surface area contributed by atoms with E-state index in [2.05, 4.69) is 23.2 Å². The SMILES string of the molecule is CCN(CCCC(C)(C#N)NC(C)C)c1ccc(F)cc1. The van der Waals surface area contributed by atoms with Crippen molar-refractivity contribution in [1.82, 2.24) is 5.32 Å². The molecule has 0 aliphatic heterocycles. The summed E-state index contributed by atoms with van der Waals surface area (Å²) in [5.74, 6) is -0.215. The Balaban J connectivity index is 2.56. The quantitative estimate of drug-likeness (QED) is 0.793. The first-order valence-corrected chi connectivity index (χ1v) is 7.59. The molecule has 0 aromatic heterocycles. The maximum Gasteiger partial charge on any atom is 0.123 e. The van der Waals surface area contributed by atoms with Crippen molar-refractivity contribution >= 4 is 5.69 Å². The average Bonchev–Trinajstić information content (AvgIpc) is 2.44. The molecule has 0 radical (unpaired) electrons. The van der Waals surface area contributed by atoms with Crippen LogP contribution in [0.1, 0.15) is 40.5 Å². The zero-order chi connectivity index (χ0) is 15.9. The maximum atomic E-state index is 13.0. The first-order chi connectivity index (χ1) is 9.90. The molecular weight excluding hydrogens is 265 g/mol. The summed E-state index contributed by atoms with van der Waals surface area (Å²) in [5, 5.41) is 12.7. The third-order valence-electron chi connectivity index (χ3n) is 3.53. The predicted octanol–water partition coefficient (Wildman–Crippen LogP) is 3.71. The molecule has 1 unspecified atom stereocenters. The number of nitrogens with zero attached hydrogens (tertiary/aromatic N) is 2. The van der Waals surface area contributed by atoms with Crippen molar-refractivity contribution < 1.29 is 4.39 Å². The molecule has 21 heavy (non-hydrogen) atoms. The first kappa shape index (κ1) is 17.5. The number of benzene rings is 1. The molecule has 1 rings (SSSR count). The standard InChI is InChI=1S/C17H26FN3/c1-5-21(16-9-7-15(18)8-10-16)12-6-11-17(4,13-19)20-14(2)3/h7-10,14,20H,5-6,11-12H2,1-4H3. The van der Waals surface area contributed by atoms with Crippen molar-refractivity contribution in [2.45, 2.75) is 52.1 Å². The van der Waals surface area contributed by atoms with E-state index in [4.69, 9.17) is 0 Å². The van der Waals surface area contributed by atoms with E-state index in [1.807, 2.05) is 20.8 Å². The van der Waals surface area contributed by atoms with Gasteiger partial charge in [-0.25, -0.2) is 4.39 Å². The van der Waals surface area contributed by atoms with Crippen LogP contribution in [0.5, 0.6) is 0 Å². The highest BCUT2D eigenvalue weighted by atomic mass is 19.1. The lowest BCUT2D eigenvalue weighted by Crippen LogP contribution is -2.45. The minimum absolute atomic E-state index is 0.215. The number of anilines is 1. The Labute approximate surface area is 127 Å². The zero-order valence-corrected chi connectivity index (χ0v) is 13.5. The van der Waals surface area contributed by atoms with Crippen LogP contribution in [0, 0.1) is 17.1 Å². The van der Waals surface area contributed by atoms with Gasteiger partial charge in [0.15, 0.2) is 0 Å². The fourth-order valence-corrected chi connectivity index (χ4v) is 2.54. The van der Waals surface area contributed by atoms with Crippen LogP contribution in [0.3, 0.4) is 0 Å². The predicted molar refractivity (Wildman–Crippen MR) is 85.8 cm³/mol. The van der Waals surface area contributed by atoms with E-state index in [0.717, 1.165) is 31.6 Å². The second-order valence-electron chi connectivity index (χ2n) is 5.90. The summed E-state index contributed by atoms with van der Waals surface area (Å²) in [6.07, 6.45) is 1.70. The fraction of sp³-hybridized carbons (Fsp3) is 0.588. The molecule has 0 bridgehead atoms. The summed E-state index contributed by atoms with van der Waals surface area (Å²) in [4.78, 5) is 2.20. The van der Waals surface area contributed by atoms with E-state index >= 15 is 0 Å². The van der Waals surface area contributed by atoms with Gasteiger partial charge in [-0.1, -0.05) is 0 Å². The fourth-order valence-electron chi connectivity index (χ4n) is 2.54. The summed E-state index contributed by atoms with van der Waals surface area (Å²) in [6.45, 7) is 9.85. The number of halogens is 1. The van der Waals surface area contributed by atoms with Gasteiger partial charge in [0.1, 0.15) is 11.4 Å². The largest absolute Gasteiger partial charge is 0.372 e. The number of nitrogens with one attached hydrogen (secondary N) is 1. The molecule has 0 heterocycles. The number of hydrogen-bond donors (Lipinski definition) is 1. The number of nitriles is 1. The minimum Gasteiger partial charge on any atom is -0.372 e. The number of rotatable bonds is 8. The molecule has 0 fully saturated rings. The highest BCUT2D eigenvalue weighted by molar-refractivity contribution is 5.45. The Morgan fingerprint density at radius 2 is 1.95 bits per heavy atom. The van der Waals surface area contributed by atoms with Gasteiger partial charge in [0.25, 0.3) is 0 Å². The Morgan fingerprint density at radius 1 is 1.33 bits per heavy atom. The van der Waals surface area contributed by atoms with Gasteiger partial charge >= 0.3 is 0 Å². The normalized spacial score (nSPS) is 13.8. The molecule has 0 amide bonds. The van der Waals surface area contributed by atoms with Gasteiger partial charge in [-0.3, -0.25) is 5.32 Å². The van der Waals surface area contributed by atoms with E-state index in [-0.39, 0.29) is 11.9 Å². The smallest absolute Gasteiger partial charge is 0.123 e. The van der Waals surface area contributed by atoms with E-state index in [1.54, 1.807) is 12.1 Å². The topological polar surface area (TPSA) is 39.1 Å². The summed E-state index contributed by atoms with van der Waals surface area (Å²) in [5.41, 5.74) is 0.533. The lowest BCUT2D eigenvalue weighted by molar-refractivity contribution is 0.374. The molecule has 116 valence electrons. The van der Waals surface area contributed by atoms with Crippen molar-refractivity contribution in [3.8, 4) is 6.07 Å². The number of hydrogen-bond acceptors (Lipinski definition) is 3. The second kappa shape index (κ2) is 7.99. The molecule has 0 spiro atoms. The Kier molecular flexibility index (Phi) is 6.64. The average molecular weight is 291 g/mol. The van der Waals surface area contributed by atoms with Crippen molar-refractivity contribution in [3.05, 3.63) is 30.1 Å². The van der Waals surface area contributed by atoms with Gasteiger partial charge < -0.3 is 4.90 Å². The molecule has 0 saturated heterocycles. The highest BCUT2D eigenvalue weighted by Crippen LogP contribution is 2.18. The van der Waals surface area contributed by atoms with Crippen LogP contribution in [0.15, 0.2) is 24.3 Å². The Morgan fingerprint density at radius 3 is 2.43 bits per heavy atom. The van der Waals surface area contributed by atoms with Crippen molar-refractivity contribution in [1.29, 1.82) is 5.26 Å². The van der Waals surface area contributed by atoms with Crippen molar-refractivity contribution in [2.24, 2.45) is 0 Å². The van der Waals surface area contributed by atoms with E-state index in [9.17, 15) is 9.65 Å². The Hall–Kier alpha value is -1.60. The molecular formula is C17H26FN3. The van der Waals surface area contributed by atoms with Crippen molar-refractivity contribution in [3.63, 3.8) is 0 Å². The zero-order valence-electron chi connectivity index (χ0n) is 13.5. The van der Waals surface area contributed by atoms with Gasteiger partial charge in [-0.05, 0) is 64.8 Å². The molecule has 0 aliphatic carbocycles. The van der Waals surface area contributed by atoms with Crippen LogP contribution in [0.4, 0.5) is 10.1 Å². The molecule has 1 N–H and O–H groups in total. The van der Waals surface area contributed by atoms with Gasteiger partial charge in [0.2, 0.25) is 0 Å². The third kappa shape index (κ3) is 5.73. The monoisotopic (exact) mass is 291 g/mol. The van der Waals surface area contributed by atoms with Gasteiger partial charge in [-0.2, -0.15) is 5.26 Å². The molecule has 1 aromatic rings. The van der Waals surface area contributed by atoms with Crippen LogP contribution in [-0.4, -0.2) is 24.7 Å². The van der Waals surface area contributed by atoms with E-state index < -0.39 is 5.54 Å². The molecule has 0 aliphatic rings. The molecule has 0 saturated carbocycles. The molecule has 1 atom stereocenters. The molecule has 4 heteroatoms. The first-order valence-electron chi connectivity index (χ1n) is 7.59. The van der Waals surface area contributed by atoms with Crippen LogP contribution in [0.2, 0.25) is 0 Å². The molecule has 3 nitrogen and oxygen atoms in total. The summed E-state index contributed by atoms with van der Waals surface area (Å²) in [6, 6.07) is 9.22. The van der Waals surface area contributed by atoms with Crippen LogP contribution in [0.25, 0.3) is 0 Å². The lowest BCUT2D eigenvalue weighted by atomic mass is 9.96. The lowest BCUT2D eigenvalue weighted by Gasteiger charge is -2.28. The van der Waals surface area contributed by atoms with Crippen LogP contribution >= 0.6 is 0 Å². The van der Waals surface area contributed by atoms with E-state index in [1.165, 1.54) is 12.1 Å². The third-order valence-corrected chi connectivity index (χ3v) is 3.53.